The van der Waals surface area contributed by atoms with Crippen molar-refractivity contribution in [2.24, 2.45) is 0 Å². The van der Waals surface area contributed by atoms with Crippen LogP contribution in [0.4, 0.5) is 10.1 Å². The van der Waals surface area contributed by atoms with E-state index in [1.54, 1.807) is 30.3 Å². The van der Waals surface area contributed by atoms with E-state index >= 15 is 0 Å². The molecule has 0 heterocycles. The van der Waals surface area contributed by atoms with Gasteiger partial charge in [-0.2, -0.15) is 0 Å². The zero-order valence-corrected chi connectivity index (χ0v) is 12.9. The summed E-state index contributed by atoms with van der Waals surface area (Å²) < 4.78 is 18.7. The smallest absolute Gasteiger partial charge is 0.257 e. The number of benzene rings is 2. The second-order valence-electron chi connectivity index (χ2n) is 4.92. The Hall–Kier alpha value is -2.89. The molecule has 0 saturated carbocycles. The zero-order valence-electron chi connectivity index (χ0n) is 12.9. The van der Waals surface area contributed by atoms with Gasteiger partial charge in [-0.3, -0.25) is 9.59 Å². The molecule has 0 aliphatic heterocycles. The molecular weight excluding hydrogens is 299 g/mol. The number of anilines is 1. The Morgan fingerprint density at radius 2 is 1.91 bits per heavy atom. The van der Waals surface area contributed by atoms with Gasteiger partial charge in [-0.15, -0.1) is 0 Å². The second-order valence-corrected chi connectivity index (χ2v) is 4.92. The molecule has 23 heavy (non-hydrogen) atoms. The van der Waals surface area contributed by atoms with Crippen molar-refractivity contribution in [2.45, 2.75) is 0 Å². The van der Waals surface area contributed by atoms with Crippen molar-refractivity contribution < 1.29 is 18.7 Å². The van der Waals surface area contributed by atoms with Crippen LogP contribution in [-0.2, 0) is 4.79 Å². The minimum Gasteiger partial charge on any atom is -0.497 e. The highest BCUT2D eigenvalue weighted by molar-refractivity contribution is 5.99. The van der Waals surface area contributed by atoms with Crippen LogP contribution >= 0.6 is 0 Å². The molecule has 2 rings (SSSR count). The van der Waals surface area contributed by atoms with E-state index in [4.69, 9.17) is 4.74 Å². The van der Waals surface area contributed by atoms with Gasteiger partial charge in [0, 0.05) is 18.8 Å². The lowest BCUT2D eigenvalue weighted by atomic mass is 10.2. The molecule has 0 spiro atoms. The number of ether oxygens (including phenoxy) is 1. The molecule has 0 fully saturated rings. The highest BCUT2D eigenvalue weighted by Crippen LogP contribution is 2.16. The van der Waals surface area contributed by atoms with E-state index in [0.717, 1.165) is 4.90 Å². The first-order valence-electron chi connectivity index (χ1n) is 6.95. The number of likely N-dealkylation sites (N-methyl/N-ethyl adjacent to an activating group) is 1. The summed E-state index contributed by atoms with van der Waals surface area (Å²) in [4.78, 5) is 25.3. The summed E-state index contributed by atoms with van der Waals surface area (Å²) in [5, 5.41) is 2.66. The molecule has 0 radical (unpaired) electrons. The fourth-order valence-corrected chi connectivity index (χ4v) is 2.03. The van der Waals surface area contributed by atoms with Crippen molar-refractivity contribution in [3.05, 3.63) is 59.9 Å². The fourth-order valence-electron chi connectivity index (χ4n) is 2.03. The van der Waals surface area contributed by atoms with Crippen molar-refractivity contribution in [1.82, 2.24) is 4.90 Å². The van der Waals surface area contributed by atoms with Gasteiger partial charge >= 0.3 is 0 Å². The zero-order chi connectivity index (χ0) is 16.8. The second kappa shape index (κ2) is 7.40. The molecule has 1 N–H and O–H groups in total. The molecule has 0 aromatic heterocycles. The van der Waals surface area contributed by atoms with Gasteiger partial charge in [-0.25, -0.2) is 4.39 Å². The SMILES string of the molecule is COc1cccc(NC(=O)CN(C)C(=O)c2ccccc2F)c1. The van der Waals surface area contributed by atoms with E-state index in [1.165, 1.54) is 32.4 Å². The van der Waals surface area contributed by atoms with Gasteiger partial charge in [0.25, 0.3) is 5.91 Å². The summed E-state index contributed by atoms with van der Waals surface area (Å²) in [6, 6.07) is 12.5. The van der Waals surface area contributed by atoms with E-state index in [-0.39, 0.29) is 18.0 Å². The third-order valence-corrected chi connectivity index (χ3v) is 3.19. The van der Waals surface area contributed by atoms with Crippen molar-refractivity contribution in [1.29, 1.82) is 0 Å². The van der Waals surface area contributed by atoms with Gasteiger partial charge in [0.05, 0.1) is 19.2 Å². The third-order valence-electron chi connectivity index (χ3n) is 3.19. The molecule has 2 aromatic carbocycles. The minimum atomic E-state index is -0.613. The van der Waals surface area contributed by atoms with E-state index in [9.17, 15) is 14.0 Å². The van der Waals surface area contributed by atoms with Crippen molar-refractivity contribution in [3.63, 3.8) is 0 Å². The van der Waals surface area contributed by atoms with Crippen LogP contribution < -0.4 is 10.1 Å². The number of carbonyl (C=O) groups excluding carboxylic acids is 2. The van der Waals surface area contributed by atoms with E-state index in [1.807, 2.05) is 0 Å². The highest BCUT2D eigenvalue weighted by Gasteiger charge is 2.18. The molecule has 6 heteroatoms. The lowest BCUT2D eigenvalue weighted by Gasteiger charge is -2.17. The molecule has 2 aromatic rings. The fraction of sp³-hybridized carbons (Fsp3) is 0.176. The molecule has 0 atom stereocenters. The maximum absolute atomic E-state index is 13.6. The van der Waals surface area contributed by atoms with E-state index < -0.39 is 11.7 Å². The summed E-state index contributed by atoms with van der Waals surface area (Å²) in [5.74, 6) is -0.939. The van der Waals surface area contributed by atoms with Gasteiger partial charge in [0.2, 0.25) is 5.91 Å². The molecule has 120 valence electrons. The standard InChI is InChI=1S/C17H17FN2O3/c1-20(17(22)14-8-3-4-9-15(14)18)11-16(21)19-12-6-5-7-13(10-12)23-2/h3-10H,11H2,1-2H3,(H,19,21). The average molecular weight is 316 g/mol. The van der Waals surface area contributed by atoms with Crippen LogP contribution in [0.3, 0.4) is 0 Å². The van der Waals surface area contributed by atoms with Gasteiger partial charge < -0.3 is 15.0 Å². The number of amides is 2. The van der Waals surface area contributed by atoms with Gasteiger partial charge in [0.1, 0.15) is 11.6 Å². The first-order valence-corrected chi connectivity index (χ1v) is 6.95. The normalized spacial score (nSPS) is 10.0. The Kier molecular flexibility index (Phi) is 5.30. The van der Waals surface area contributed by atoms with Crippen LogP contribution in [0, 0.1) is 5.82 Å². The molecule has 0 bridgehead atoms. The number of methoxy groups -OCH3 is 1. The van der Waals surface area contributed by atoms with Crippen LogP contribution in [0.15, 0.2) is 48.5 Å². The van der Waals surface area contributed by atoms with E-state index in [0.29, 0.717) is 11.4 Å². The molecule has 0 aliphatic carbocycles. The Bertz CT molecular complexity index is 718. The monoisotopic (exact) mass is 316 g/mol. The summed E-state index contributed by atoms with van der Waals surface area (Å²) in [6.07, 6.45) is 0. The summed E-state index contributed by atoms with van der Waals surface area (Å²) >= 11 is 0. The maximum atomic E-state index is 13.6. The van der Waals surface area contributed by atoms with Gasteiger partial charge in [0.15, 0.2) is 0 Å². The highest BCUT2D eigenvalue weighted by atomic mass is 19.1. The lowest BCUT2D eigenvalue weighted by molar-refractivity contribution is -0.116. The largest absolute Gasteiger partial charge is 0.497 e. The number of nitrogens with zero attached hydrogens (tertiary/aromatic N) is 1. The molecule has 2 amide bonds. The van der Waals surface area contributed by atoms with E-state index in [2.05, 4.69) is 5.32 Å². The molecular formula is C17H17FN2O3. The molecule has 0 unspecified atom stereocenters. The number of carbonyl (C=O) groups is 2. The summed E-state index contributed by atoms with van der Waals surface area (Å²) in [5.41, 5.74) is 0.491. The van der Waals surface area contributed by atoms with Crippen LogP contribution in [0.2, 0.25) is 0 Å². The predicted molar refractivity (Wildman–Crippen MR) is 85.0 cm³/mol. The number of hydrogen-bond acceptors (Lipinski definition) is 3. The van der Waals surface area contributed by atoms with Crippen molar-refractivity contribution in [3.8, 4) is 5.75 Å². The Morgan fingerprint density at radius 1 is 1.17 bits per heavy atom. The summed E-state index contributed by atoms with van der Waals surface area (Å²) in [7, 11) is 2.97. The first-order chi connectivity index (χ1) is 11.0. The van der Waals surface area contributed by atoms with Crippen LogP contribution in [0.5, 0.6) is 5.75 Å². The molecule has 0 saturated heterocycles. The maximum Gasteiger partial charge on any atom is 0.257 e. The lowest BCUT2D eigenvalue weighted by Crippen LogP contribution is -2.35. The minimum absolute atomic E-state index is 0.0656. The van der Waals surface area contributed by atoms with Gasteiger partial charge in [-0.1, -0.05) is 18.2 Å². The topological polar surface area (TPSA) is 58.6 Å². The number of hydrogen-bond donors (Lipinski definition) is 1. The van der Waals surface area contributed by atoms with Gasteiger partial charge in [-0.05, 0) is 24.3 Å². The van der Waals surface area contributed by atoms with Crippen LogP contribution in [0.25, 0.3) is 0 Å². The number of halogens is 1. The Labute approximate surface area is 133 Å². The molecule has 0 aliphatic rings. The van der Waals surface area contributed by atoms with Crippen LogP contribution in [-0.4, -0.2) is 37.4 Å². The number of rotatable bonds is 5. The molecule has 5 nitrogen and oxygen atoms in total. The first kappa shape index (κ1) is 16.5. The Morgan fingerprint density at radius 3 is 2.61 bits per heavy atom. The van der Waals surface area contributed by atoms with Crippen molar-refractivity contribution >= 4 is 17.5 Å². The Balaban J connectivity index is 1.99. The number of nitrogens with one attached hydrogen (secondary N) is 1. The third kappa shape index (κ3) is 4.29. The quantitative estimate of drug-likeness (QED) is 0.922. The van der Waals surface area contributed by atoms with Crippen LogP contribution in [0.1, 0.15) is 10.4 Å². The summed E-state index contributed by atoms with van der Waals surface area (Å²) in [6.45, 7) is -0.190. The van der Waals surface area contributed by atoms with Crippen molar-refractivity contribution in [2.75, 3.05) is 26.0 Å². The average Bonchev–Trinajstić information content (AvgIpc) is 2.54. The predicted octanol–water partition coefficient (Wildman–Crippen LogP) is 2.55.